The molecule has 0 unspecified atom stereocenters. The number of fused-ring (bicyclic) bond motifs is 1. The monoisotopic (exact) mass is 477 g/mol. The Morgan fingerprint density at radius 2 is 1.59 bits per heavy atom. The lowest BCUT2D eigenvalue weighted by Crippen LogP contribution is -2.49. The fourth-order valence-electron chi connectivity index (χ4n) is 4.07. The van der Waals surface area contributed by atoms with Crippen LogP contribution in [0.4, 0.5) is 4.79 Å². The first-order valence-electron chi connectivity index (χ1n) is 10.4. The molecule has 0 bridgehead atoms. The van der Waals surface area contributed by atoms with Crippen molar-refractivity contribution in [3.63, 3.8) is 0 Å². The number of nitrogens with zero attached hydrogens (tertiary/aromatic N) is 3. The molecule has 10 nitrogen and oxygen atoms in total. The van der Waals surface area contributed by atoms with Crippen LogP contribution in [0.25, 0.3) is 0 Å². The van der Waals surface area contributed by atoms with E-state index in [0.29, 0.717) is 16.1 Å². The normalized spacial score (nSPS) is 20.2. The Balaban J connectivity index is 1.44. The Hall–Kier alpha value is -4.25. The number of nitrogens with one attached hydrogen (secondary N) is 2. The number of hydrogen-bond donors (Lipinski definition) is 2. The molecule has 3 aliphatic heterocycles. The first-order valence-corrected chi connectivity index (χ1v) is 12.0. The summed E-state index contributed by atoms with van der Waals surface area (Å²) in [4.78, 5) is 41.0. The van der Waals surface area contributed by atoms with Crippen molar-refractivity contribution in [1.82, 2.24) is 20.7 Å². The number of urea groups is 1. The molecule has 5 rings (SSSR count). The van der Waals surface area contributed by atoms with Crippen LogP contribution >= 0.6 is 0 Å². The fourth-order valence-corrected chi connectivity index (χ4v) is 5.04. The summed E-state index contributed by atoms with van der Waals surface area (Å²) in [7, 11) is -3.53. The lowest BCUT2D eigenvalue weighted by Gasteiger charge is -2.28. The quantitative estimate of drug-likeness (QED) is 0.633. The molecule has 1 saturated heterocycles. The number of carbonyl (C=O) groups is 3. The lowest BCUT2D eigenvalue weighted by molar-refractivity contribution is -0.137. The smallest absolute Gasteiger partial charge is 0.330 e. The van der Waals surface area contributed by atoms with Gasteiger partial charge in [0.1, 0.15) is 5.84 Å². The van der Waals surface area contributed by atoms with Crippen LogP contribution in [0.5, 0.6) is 0 Å². The SMILES string of the molecule is O=C(NN1C(=O)NC(c2ccccc2)(c2ccccc2)C1=O)C1=CN2CCS(=O)(=O)N=C2C=C1. The van der Waals surface area contributed by atoms with Gasteiger partial charge in [-0.1, -0.05) is 60.7 Å². The maximum Gasteiger partial charge on any atom is 0.344 e. The van der Waals surface area contributed by atoms with Crippen LogP contribution in [-0.2, 0) is 25.2 Å². The highest BCUT2D eigenvalue weighted by Gasteiger charge is 2.54. The third-order valence-electron chi connectivity index (χ3n) is 5.73. The summed E-state index contributed by atoms with van der Waals surface area (Å²) >= 11 is 0. The molecule has 0 radical (unpaired) electrons. The summed E-state index contributed by atoms with van der Waals surface area (Å²) in [5.41, 5.74) is 2.10. The van der Waals surface area contributed by atoms with Gasteiger partial charge < -0.3 is 10.2 Å². The molecule has 3 aliphatic rings. The molecule has 0 spiro atoms. The topological polar surface area (TPSA) is 128 Å². The zero-order valence-corrected chi connectivity index (χ0v) is 18.5. The number of imide groups is 1. The summed E-state index contributed by atoms with van der Waals surface area (Å²) in [6.07, 6.45) is 4.21. The van der Waals surface area contributed by atoms with Crippen molar-refractivity contribution in [2.24, 2.45) is 4.40 Å². The van der Waals surface area contributed by atoms with E-state index in [1.54, 1.807) is 60.7 Å². The second kappa shape index (κ2) is 7.96. The van der Waals surface area contributed by atoms with Gasteiger partial charge in [0.2, 0.25) is 0 Å². The second-order valence-electron chi connectivity index (χ2n) is 7.84. The molecule has 11 heteroatoms. The van der Waals surface area contributed by atoms with Crippen LogP contribution in [0.1, 0.15) is 11.1 Å². The second-order valence-corrected chi connectivity index (χ2v) is 9.60. The molecule has 0 aromatic heterocycles. The summed E-state index contributed by atoms with van der Waals surface area (Å²) in [5.74, 6) is -1.34. The van der Waals surface area contributed by atoms with E-state index >= 15 is 0 Å². The Kier molecular flexibility index (Phi) is 5.05. The van der Waals surface area contributed by atoms with Crippen LogP contribution in [-0.4, -0.2) is 54.3 Å². The summed E-state index contributed by atoms with van der Waals surface area (Å²) in [5, 5.41) is 3.42. The number of amidine groups is 1. The third-order valence-corrected chi connectivity index (χ3v) is 6.90. The lowest BCUT2D eigenvalue weighted by atomic mass is 9.83. The molecule has 2 N–H and O–H groups in total. The van der Waals surface area contributed by atoms with Gasteiger partial charge in [0.15, 0.2) is 5.54 Å². The zero-order chi connectivity index (χ0) is 23.9. The minimum atomic E-state index is -3.53. The number of rotatable bonds is 4. The number of benzene rings is 2. The fraction of sp³-hybridized carbons (Fsp3) is 0.130. The molecule has 4 amide bonds. The van der Waals surface area contributed by atoms with Crippen LogP contribution in [0.2, 0.25) is 0 Å². The van der Waals surface area contributed by atoms with Gasteiger partial charge in [-0.2, -0.15) is 5.01 Å². The van der Waals surface area contributed by atoms with Crippen molar-refractivity contribution in [1.29, 1.82) is 0 Å². The van der Waals surface area contributed by atoms with Crippen LogP contribution < -0.4 is 10.7 Å². The molecule has 0 atom stereocenters. The highest BCUT2D eigenvalue weighted by molar-refractivity contribution is 7.90. The first-order chi connectivity index (χ1) is 16.3. The van der Waals surface area contributed by atoms with Crippen LogP contribution in [0, 0.1) is 0 Å². The van der Waals surface area contributed by atoms with E-state index in [1.807, 2.05) is 0 Å². The van der Waals surface area contributed by atoms with E-state index in [2.05, 4.69) is 15.1 Å². The molecule has 0 aliphatic carbocycles. The van der Waals surface area contributed by atoms with E-state index in [4.69, 9.17) is 0 Å². The predicted octanol–water partition coefficient (Wildman–Crippen LogP) is 1.01. The van der Waals surface area contributed by atoms with Crippen molar-refractivity contribution >= 4 is 33.7 Å². The minimum absolute atomic E-state index is 0.135. The van der Waals surface area contributed by atoms with E-state index in [1.165, 1.54) is 23.3 Å². The standard InChI is InChI=1S/C23H19N5O5S/c29-20(16-11-12-19-26-34(32,33)14-13-27(19)15-16)25-28-21(30)23(24-22(28)31,17-7-3-1-4-8-17)18-9-5-2-6-10-18/h1-12,15H,13-14H2,(H,24,31)(H,25,29). The highest BCUT2D eigenvalue weighted by Crippen LogP contribution is 2.35. The van der Waals surface area contributed by atoms with Gasteiger partial charge in [-0.05, 0) is 23.3 Å². The predicted molar refractivity (Wildman–Crippen MR) is 122 cm³/mol. The Morgan fingerprint density at radius 3 is 2.21 bits per heavy atom. The van der Waals surface area contributed by atoms with E-state index in [9.17, 15) is 22.8 Å². The number of hydrogen-bond acceptors (Lipinski definition) is 6. The Bertz CT molecular complexity index is 1340. The van der Waals surface area contributed by atoms with E-state index in [0.717, 1.165) is 0 Å². The van der Waals surface area contributed by atoms with Crippen LogP contribution in [0.15, 0.2) is 89.0 Å². The van der Waals surface area contributed by atoms with Gasteiger partial charge in [-0.3, -0.25) is 15.0 Å². The van der Waals surface area contributed by atoms with E-state index in [-0.39, 0.29) is 23.7 Å². The molecule has 0 saturated carbocycles. The van der Waals surface area contributed by atoms with Gasteiger partial charge >= 0.3 is 6.03 Å². The molecule has 2 aromatic rings. The number of hydrazine groups is 1. The molecule has 172 valence electrons. The van der Waals surface area contributed by atoms with Crippen molar-refractivity contribution < 1.29 is 22.8 Å². The summed E-state index contributed by atoms with van der Waals surface area (Å²) in [6.45, 7) is 0.135. The maximum absolute atomic E-state index is 13.7. The molecule has 34 heavy (non-hydrogen) atoms. The Morgan fingerprint density at radius 1 is 0.971 bits per heavy atom. The van der Waals surface area contributed by atoms with E-state index < -0.39 is 33.4 Å². The van der Waals surface area contributed by atoms with Gasteiger partial charge in [0, 0.05) is 12.7 Å². The zero-order valence-electron chi connectivity index (χ0n) is 17.7. The van der Waals surface area contributed by atoms with Crippen LogP contribution in [0.3, 0.4) is 0 Å². The van der Waals surface area contributed by atoms with Gasteiger partial charge in [0.25, 0.3) is 21.8 Å². The van der Waals surface area contributed by atoms with Gasteiger partial charge in [0.05, 0.1) is 11.3 Å². The largest absolute Gasteiger partial charge is 0.344 e. The molecule has 3 heterocycles. The molecular formula is C23H19N5O5S. The van der Waals surface area contributed by atoms with Crippen molar-refractivity contribution in [2.75, 3.05) is 12.3 Å². The first kappa shape index (κ1) is 21.6. The minimum Gasteiger partial charge on any atom is -0.330 e. The van der Waals surface area contributed by atoms with Gasteiger partial charge in [-0.25, -0.2) is 13.2 Å². The number of amides is 4. The third kappa shape index (κ3) is 3.55. The summed E-state index contributed by atoms with van der Waals surface area (Å²) in [6, 6.07) is 16.8. The average Bonchev–Trinajstić information content (AvgIpc) is 3.10. The summed E-state index contributed by atoms with van der Waals surface area (Å²) < 4.78 is 27.0. The number of sulfonamides is 1. The maximum atomic E-state index is 13.7. The van der Waals surface area contributed by atoms with Gasteiger partial charge in [-0.15, -0.1) is 4.40 Å². The molecule has 2 aromatic carbocycles. The molecule has 1 fully saturated rings. The average molecular weight is 478 g/mol. The van der Waals surface area contributed by atoms with Crippen molar-refractivity contribution in [3.05, 3.63) is 95.7 Å². The highest BCUT2D eigenvalue weighted by atomic mass is 32.2. The Labute approximate surface area is 195 Å². The van der Waals surface area contributed by atoms with Crippen molar-refractivity contribution in [2.45, 2.75) is 5.54 Å². The van der Waals surface area contributed by atoms with Crippen molar-refractivity contribution in [3.8, 4) is 0 Å². The molecular weight excluding hydrogens is 458 g/mol. The number of carbonyl (C=O) groups excluding carboxylic acids is 3.